The number of esters is 1. The molecular formula is C30H40N2O5. The molecule has 6 rings (SSSR count). The van der Waals surface area contributed by atoms with E-state index in [1.807, 2.05) is 24.4 Å². The summed E-state index contributed by atoms with van der Waals surface area (Å²) in [5, 5.41) is 39.8. The van der Waals surface area contributed by atoms with Gasteiger partial charge in [0.15, 0.2) is 0 Å². The molecule has 0 aromatic heterocycles. The summed E-state index contributed by atoms with van der Waals surface area (Å²) in [6.45, 7) is 3.14. The highest BCUT2D eigenvalue weighted by molar-refractivity contribution is 5.85. The summed E-state index contributed by atoms with van der Waals surface area (Å²) in [6, 6.07) is 10.1. The minimum Gasteiger partial charge on any atom is -0.458 e. The number of benzene rings is 1. The maximum atomic E-state index is 12.5. The number of hydrazone groups is 1. The van der Waals surface area contributed by atoms with E-state index < -0.39 is 22.7 Å². The van der Waals surface area contributed by atoms with E-state index in [2.05, 4.69) is 29.6 Å². The van der Waals surface area contributed by atoms with Crippen LogP contribution in [-0.2, 0) is 16.1 Å². The van der Waals surface area contributed by atoms with E-state index >= 15 is 0 Å². The minimum absolute atomic E-state index is 0.0333. The zero-order valence-corrected chi connectivity index (χ0v) is 21.7. The zero-order chi connectivity index (χ0) is 25.9. The van der Waals surface area contributed by atoms with Gasteiger partial charge in [0, 0.05) is 29.5 Å². The van der Waals surface area contributed by atoms with Crippen LogP contribution in [0.25, 0.3) is 0 Å². The van der Waals surface area contributed by atoms with Gasteiger partial charge in [-0.1, -0.05) is 37.3 Å². The lowest BCUT2D eigenvalue weighted by atomic mass is 9.41. The Hall–Kier alpha value is -2.22. The monoisotopic (exact) mass is 508 g/mol. The highest BCUT2D eigenvalue weighted by Gasteiger charge is 2.71. The molecule has 1 aromatic carbocycles. The predicted octanol–water partition coefficient (Wildman–Crippen LogP) is 3.47. The number of hydrogen-bond donors (Lipinski definition) is 4. The molecule has 200 valence electrons. The Labute approximate surface area is 219 Å². The van der Waals surface area contributed by atoms with Crippen molar-refractivity contribution < 1.29 is 24.9 Å². The van der Waals surface area contributed by atoms with E-state index in [1.165, 1.54) is 0 Å². The number of aliphatic hydroxyl groups excluding tert-OH is 1. The first-order valence-corrected chi connectivity index (χ1v) is 14.0. The molecule has 4 fully saturated rings. The summed E-state index contributed by atoms with van der Waals surface area (Å²) in [6.07, 6.45) is 9.24. The number of cyclic esters (lactones) is 1. The molecule has 1 aromatic rings. The van der Waals surface area contributed by atoms with Crippen LogP contribution in [0.2, 0.25) is 0 Å². The summed E-state index contributed by atoms with van der Waals surface area (Å²) in [5.41, 5.74) is 2.51. The maximum absolute atomic E-state index is 12.5. The van der Waals surface area contributed by atoms with Gasteiger partial charge in [0.1, 0.15) is 6.61 Å². The number of ether oxygens (including phenoxy) is 1. The standard InChI is InChI=1S/C30H40N2O5/c1-27-11-8-24-25(30(27,36)14-10-23(27)21-15-26(34)37-18-21)9-13-29(35)16-22(33)7-12-28(24,29)19-32-31-17-20-5-3-2-4-6-20/h2-6,15,19,22-25,31,33,35-36H,7-14,16-18H2,1H3/t22-,23+,24+,25+,27+,28-,29+,30-/m0/s1. The molecule has 0 saturated heterocycles. The van der Waals surface area contributed by atoms with Gasteiger partial charge in [-0.3, -0.25) is 0 Å². The molecule has 1 aliphatic heterocycles. The first-order chi connectivity index (χ1) is 17.7. The Morgan fingerprint density at radius 1 is 1.05 bits per heavy atom. The molecule has 4 saturated carbocycles. The van der Waals surface area contributed by atoms with E-state index in [-0.39, 0.29) is 29.1 Å². The van der Waals surface area contributed by atoms with Crippen LogP contribution in [0.5, 0.6) is 0 Å². The summed E-state index contributed by atoms with van der Waals surface area (Å²) >= 11 is 0. The van der Waals surface area contributed by atoms with Crippen molar-refractivity contribution in [2.24, 2.45) is 33.7 Å². The molecule has 0 spiro atoms. The van der Waals surface area contributed by atoms with Crippen molar-refractivity contribution in [2.45, 2.75) is 88.6 Å². The van der Waals surface area contributed by atoms with Gasteiger partial charge in [-0.05, 0) is 80.3 Å². The summed E-state index contributed by atoms with van der Waals surface area (Å²) in [5.74, 6) is -0.0281. The molecule has 0 bridgehead atoms. The average Bonchev–Trinajstić information content (AvgIpc) is 3.42. The van der Waals surface area contributed by atoms with Crippen LogP contribution >= 0.6 is 0 Å². The lowest BCUT2D eigenvalue weighted by molar-refractivity contribution is -0.237. The molecule has 0 radical (unpaired) electrons. The van der Waals surface area contributed by atoms with E-state index in [1.54, 1.807) is 6.08 Å². The van der Waals surface area contributed by atoms with Crippen molar-refractivity contribution in [3.05, 3.63) is 47.5 Å². The summed E-state index contributed by atoms with van der Waals surface area (Å²) in [4.78, 5) is 11.8. The quantitative estimate of drug-likeness (QED) is 0.275. The molecular weight excluding hydrogens is 468 g/mol. The smallest absolute Gasteiger partial charge is 0.331 e. The van der Waals surface area contributed by atoms with Crippen molar-refractivity contribution >= 4 is 12.2 Å². The number of hydrogen-bond acceptors (Lipinski definition) is 7. The number of nitrogens with one attached hydrogen (secondary N) is 1. The molecule has 1 heterocycles. The summed E-state index contributed by atoms with van der Waals surface area (Å²) in [7, 11) is 0. The number of carbonyl (C=O) groups is 1. The fourth-order valence-corrected chi connectivity index (χ4v) is 9.25. The minimum atomic E-state index is -1.04. The van der Waals surface area contributed by atoms with Crippen LogP contribution in [0.15, 0.2) is 47.1 Å². The maximum Gasteiger partial charge on any atom is 0.331 e. The molecule has 0 unspecified atom stereocenters. The molecule has 8 atom stereocenters. The molecule has 5 aliphatic rings. The molecule has 0 amide bonds. The van der Waals surface area contributed by atoms with Gasteiger partial charge in [-0.25, -0.2) is 4.79 Å². The first kappa shape index (κ1) is 25.1. The third-order valence-corrected chi connectivity index (χ3v) is 11.2. The van der Waals surface area contributed by atoms with E-state index in [9.17, 15) is 20.1 Å². The lowest BCUT2D eigenvalue weighted by Gasteiger charge is -2.65. The van der Waals surface area contributed by atoms with Crippen LogP contribution in [0.1, 0.15) is 70.3 Å². The number of carbonyl (C=O) groups excluding carboxylic acids is 1. The summed E-state index contributed by atoms with van der Waals surface area (Å²) < 4.78 is 5.24. The molecule has 4 aliphatic carbocycles. The van der Waals surface area contributed by atoms with E-state index in [0.29, 0.717) is 45.3 Å². The van der Waals surface area contributed by atoms with Crippen molar-refractivity contribution in [1.82, 2.24) is 5.43 Å². The van der Waals surface area contributed by atoms with Crippen LogP contribution in [0, 0.1) is 28.6 Å². The van der Waals surface area contributed by atoms with Gasteiger partial charge in [-0.2, -0.15) is 5.10 Å². The molecule has 37 heavy (non-hydrogen) atoms. The second kappa shape index (κ2) is 8.92. The van der Waals surface area contributed by atoms with Crippen molar-refractivity contribution in [1.29, 1.82) is 0 Å². The molecule has 4 N–H and O–H groups in total. The van der Waals surface area contributed by atoms with Crippen molar-refractivity contribution in [2.75, 3.05) is 6.61 Å². The van der Waals surface area contributed by atoms with Crippen LogP contribution in [0.3, 0.4) is 0 Å². The second-order valence-corrected chi connectivity index (χ2v) is 12.6. The first-order valence-electron chi connectivity index (χ1n) is 14.0. The Bertz CT molecular complexity index is 1110. The number of aliphatic hydroxyl groups is 3. The van der Waals surface area contributed by atoms with Crippen LogP contribution in [0.4, 0.5) is 0 Å². The zero-order valence-electron chi connectivity index (χ0n) is 21.7. The molecule has 7 nitrogen and oxygen atoms in total. The Morgan fingerprint density at radius 2 is 1.84 bits per heavy atom. The topological polar surface area (TPSA) is 111 Å². The Morgan fingerprint density at radius 3 is 2.59 bits per heavy atom. The number of rotatable bonds is 5. The fourth-order valence-electron chi connectivity index (χ4n) is 9.25. The van der Waals surface area contributed by atoms with Crippen molar-refractivity contribution in [3.8, 4) is 0 Å². The van der Waals surface area contributed by atoms with Gasteiger partial charge >= 0.3 is 5.97 Å². The second-order valence-electron chi connectivity index (χ2n) is 12.6. The van der Waals surface area contributed by atoms with Gasteiger partial charge < -0.3 is 25.5 Å². The largest absolute Gasteiger partial charge is 0.458 e. The average molecular weight is 509 g/mol. The van der Waals surface area contributed by atoms with Gasteiger partial charge in [0.05, 0.1) is 23.9 Å². The van der Waals surface area contributed by atoms with E-state index in [4.69, 9.17) is 4.74 Å². The highest BCUT2D eigenvalue weighted by atomic mass is 16.5. The number of nitrogens with zero attached hydrogens (tertiary/aromatic N) is 1. The Balaban J connectivity index is 1.31. The van der Waals surface area contributed by atoms with Gasteiger partial charge in [0.25, 0.3) is 0 Å². The van der Waals surface area contributed by atoms with Crippen LogP contribution in [-0.4, -0.2) is 51.4 Å². The van der Waals surface area contributed by atoms with Crippen molar-refractivity contribution in [3.63, 3.8) is 0 Å². The van der Waals surface area contributed by atoms with Gasteiger partial charge in [-0.15, -0.1) is 0 Å². The fraction of sp³-hybridized carbons (Fsp3) is 0.667. The lowest BCUT2D eigenvalue weighted by Crippen LogP contribution is -2.68. The SMILES string of the molecule is C[C@]12CC[C@@H]3[C@@H](CC[C@@]4(O)C[C@@H](O)CC[C@]34C=NNCc3ccccc3)[C@@]1(O)CC[C@@H]2C1=CC(=O)OC1. The normalized spacial score (nSPS) is 45.1. The third-order valence-electron chi connectivity index (χ3n) is 11.2. The van der Waals surface area contributed by atoms with Gasteiger partial charge in [0.2, 0.25) is 0 Å². The Kier molecular flexibility index (Phi) is 6.05. The van der Waals surface area contributed by atoms with Crippen LogP contribution < -0.4 is 5.43 Å². The third kappa shape index (κ3) is 3.72. The number of fused-ring (bicyclic) bond motifs is 5. The molecule has 7 heteroatoms. The van der Waals surface area contributed by atoms with E-state index in [0.717, 1.165) is 36.8 Å². The predicted molar refractivity (Wildman–Crippen MR) is 139 cm³/mol. The highest BCUT2D eigenvalue weighted by Crippen LogP contribution is 2.70.